The zero-order chi connectivity index (χ0) is 17.4. The van der Waals surface area contributed by atoms with Crippen LogP contribution in [0.4, 0.5) is 4.79 Å². The van der Waals surface area contributed by atoms with E-state index in [4.69, 9.17) is 14.2 Å². The first-order chi connectivity index (χ1) is 11.0. The Kier molecular flexibility index (Phi) is 7.46. The molecular formula is C14H22N2O7. The Labute approximate surface area is 134 Å². The third-order valence-corrected chi connectivity index (χ3v) is 3.03. The van der Waals surface area contributed by atoms with Crippen LogP contribution in [0.2, 0.25) is 0 Å². The lowest BCUT2D eigenvalue weighted by molar-refractivity contribution is -0.151. The van der Waals surface area contributed by atoms with Crippen molar-refractivity contribution >= 4 is 23.7 Å². The highest BCUT2D eigenvalue weighted by Crippen LogP contribution is 2.25. The predicted molar refractivity (Wildman–Crippen MR) is 78.5 cm³/mol. The molecule has 23 heavy (non-hydrogen) atoms. The minimum Gasteiger partial charge on any atom is -0.465 e. The second kappa shape index (κ2) is 9.09. The molecule has 9 nitrogen and oxygen atoms in total. The molecule has 0 fully saturated rings. The van der Waals surface area contributed by atoms with Crippen LogP contribution in [0.25, 0.3) is 0 Å². The maximum Gasteiger partial charge on any atom is 0.432 e. The number of nitrogens with zero attached hydrogens (tertiary/aromatic N) is 2. The van der Waals surface area contributed by atoms with Crippen molar-refractivity contribution in [3.63, 3.8) is 0 Å². The summed E-state index contributed by atoms with van der Waals surface area (Å²) in [5, 5.41) is 4.83. The molecule has 9 heteroatoms. The van der Waals surface area contributed by atoms with Gasteiger partial charge in [0.05, 0.1) is 20.3 Å². The molecule has 0 aliphatic carbocycles. The van der Waals surface area contributed by atoms with Gasteiger partial charge in [-0.25, -0.2) is 9.59 Å². The van der Waals surface area contributed by atoms with Gasteiger partial charge in [0.1, 0.15) is 5.92 Å². The molecule has 0 saturated heterocycles. The molecule has 0 saturated carbocycles. The van der Waals surface area contributed by atoms with Gasteiger partial charge in [0, 0.05) is 13.0 Å². The lowest BCUT2D eigenvalue weighted by Crippen LogP contribution is -2.49. The average molecular weight is 330 g/mol. The summed E-state index contributed by atoms with van der Waals surface area (Å²) in [5.74, 6) is -2.37. The van der Waals surface area contributed by atoms with E-state index >= 15 is 0 Å². The van der Waals surface area contributed by atoms with Gasteiger partial charge < -0.3 is 18.9 Å². The van der Waals surface area contributed by atoms with Crippen LogP contribution < -0.4 is 0 Å². The highest BCUT2D eigenvalue weighted by atomic mass is 16.6. The summed E-state index contributed by atoms with van der Waals surface area (Å²) < 4.78 is 19.9. The van der Waals surface area contributed by atoms with Crippen LogP contribution in [-0.2, 0) is 28.5 Å². The fourth-order valence-electron chi connectivity index (χ4n) is 2.09. The summed E-state index contributed by atoms with van der Waals surface area (Å²) in [5.41, 5.74) is -0.202. The fourth-order valence-corrected chi connectivity index (χ4v) is 2.09. The van der Waals surface area contributed by atoms with Gasteiger partial charge in [-0.05, 0) is 20.8 Å². The lowest BCUT2D eigenvalue weighted by atomic mass is 9.96. The topological polar surface area (TPSA) is 104 Å². The van der Waals surface area contributed by atoms with Crippen LogP contribution in [0.15, 0.2) is 5.10 Å². The first-order valence-corrected chi connectivity index (χ1v) is 7.41. The second-order valence-electron chi connectivity index (χ2n) is 4.47. The molecule has 1 aliphatic rings. The molecule has 1 rings (SSSR count). The third-order valence-electron chi connectivity index (χ3n) is 3.03. The summed E-state index contributed by atoms with van der Waals surface area (Å²) >= 11 is 0. The number of methoxy groups -OCH3 is 1. The van der Waals surface area contributed by atoms with E-state index in [9.17, 15) is 14.4 Å². The van der Waals surface area contributed by atoms with Gasteiger partial charge in [0.2, 0.25) is 0 Å². The monoisotopic (exact) mass is 330 g/mol. The number of hydrazone groups is 1. The molecular weight excluding hydrogens is 308 g/mol. The van der Waals surface area contributed by atoms with Crippen molar-refractivity contribution in [3.05, 3.63) is 0 Å². The normalized spacial score (nSPS) is 20.5. The minimum atomic E-state index is -0.966. The lowest BCUT2D eigenvalue weighted by Gasteiger charge is -2.33. The average Bonchev–Trinajstić information content (AvgIpc) is 2.54. The quantitative estimate of drug-likeness (QED) is 0.527. The van der Waals surface area contributed by atoms with Gasteiger partial charge in [-0.1, -0.05) is 0 Å². The van der Waals surface area contributed by atoms with Crippen LogP contribution in [0.3, 0.4) is 0 Å². The predicted octanol–water partition coefficient (Wildman–Crippen LogP) is 0.919. The molecule has 130 valence electrons. The first kappa shape index (κ1) is 18.9. The second-order valence-corrected chi connectivity index (χ2v) is 4.47. The summed E-state index contributed by atoms with van der Waals surface area (Å²) in [7, 11) is 1.18. The summed E-state index contributed by atoms with van der Waals surface area (Å²) in [6.07, 6.45) is -1.60. The van der Waals surface area contributed by atoms with Crippen molar-refractivity contribution in [3.8, 4) is 0 Å². The van der Waals surface area contributed by atoms with E-state index < -0.39 is 30.2 Å². The van der Waals surface area contributed by atoms with Crippen molar-refractivity contribution in [1.82, 2.24) is 5.01 Å². The Hall–Kier alpha value is -2.16. The summed E-state index contributed by atoms with van der Waals surface area (Å²) in [6, 6.07) is 0. The Morgan fingerprint density at radius 2 is 1.78 bits per heavy atom. The molecule has 1 aliphatic heterocycles. The third kappa shape index (κ3) is 4.65. The van der Waals surface area contributed by atoms with Gasteiger partial charge in [-0.2, -0.15) is 10.1 Å². The standard InChI is InChI=1S/C14H22N2O7/c1-5-21-10-8-9(12(17)22-6-2)11(13(18)23-7-3)15-16(10)14(19)20-4/h9-10H,5-8H2,1-4H3/t9-,10-/m1/s1. The number of carbonyl (C=O) groups excluding carboxylic acids is 3. The molecule has 0 unspecified atom stereocenters. The SMILES string of the molecule is CCOC(=O)C1=NN(C(=O)OC)[C@H](OCC)C[C@H]1C(=O)OCC. The van der Waals surface area contributed by atoms with Gasteiger partial charge in [-0.3, -0.25) is 4.79 Å². The number of rotatable bonds is 6. The number of hydrogen-bond acceptors (Lipinski definition) is 8. The fraction of sp³-hybridized carbons (Fsp3) is 0.714. The zero-order valence-electron chi connectivity index (χ0n) is 13.7. The van der Waals surface area contributed by atoms with E-state index in [1.54, 1.807) is 20.8 Å². The van der Waals surface area contributed by atoms with E-state index in [2.05, 4.69) is 9.84 Å². The van der Waals surface area contributed by atoms with Gasteiger partial charge in [-0.15, -0.1) is 0 Å². The van der Waals surface area contributed by atoms with E-state index in [0.29, 0.717) is 0 Å². The Morgan fingerprint density at radius 1 is 1.13 bits per heavy atom. The maximum atomic E-state index is 12.1. The summed E-state index contributed by atoms with van der Waals surface area (Å²) in [4.78, 5) is 36.0. The van der Waals surface area contributed by atoms with Crippen molar-refractivity contribution in [1.29, 1.82) is 0 Å². The van der Waals surface area contributed by atoms with Crippen molar-refractivity contribution in [2.75, 3.05) is 26.9 Å². The molecule has 0 aromatic heterocycles. The zero-order valence-corrected chi connectivity index (χ0v) is 13.7. The molecule has 0 bridgehead atoms. The van der Waals surface area contributed by atoms with Gasteiger partial charge in [0.25, 0.3) is 0 Å². The van der Waals surface area contributed by atoms with Gasteiger partial charge in [0.15, 0.2) is 11.9 Å². The highest BCUT2D eigenvalue weighted by Gasteiger charge is 2.42. The van der Waals surface area contributed by atoms with E-state index in [-0.39, 0.29) is 32.0 Å². The van der Waals surface area contributed by atoms with Gasteiger partial charge >= 0.3 is 18.0 Å². The Morgan fingerprint density at radius 3 is 2.30 bits per heavy atom. The van der Waals surface area contributed by atoms with Crippen molar-refractivity contribution in [2.24, 2.45) is 11.0 Å². The molecule has 0 aromatic carbocycles. The number of esters is 2. The Balaban J connectivity index is 3.20. The molecule has 0 radical (unpaired) electrons. The van der Waals surface area contributed by atoms with Crippen molar-refractivity contribution in [2.45, 2.75) is 33.4 Å². The summed E-state index contributed by atoms with van der Waals surface area (Å²) in [6.45, 7) is 5.58. The van der Waals surface area contributed by atoms with Crippen LogP contribution >= 0.6 is 0 Å². The first-order valence-electron chi connectivity index (χ1n) is 7.41. The smallest absolute Gasteiger partial charge is 0.432 e. The molecule has 0 spiro atoms. The highest BCUT2D eigenvalue weighted by molar-refractivity contribution is 6.40. The maximum absolute atomic E-state index is 12.1. The van der Waals surface area contributed by atoms with Crippen LogP contribution in [0.5, 0.6) is 0 Å². The number of ether oxygens (including phenoxy) is 4. The van der Waals surface area contributed by atoms with E-state index in [1.165, 1.54) is 7.11 Å². The van der Waals surface area contributed by atoms with E-state index in [1.807, 2.05) is 0 Å². The van der Waals surface area contributed by atoms with E-state index in [0.717, 1.165) is 5.01 Å². The minimum absolute atomic E-state index is 0.0272. The number of carbonyl (C=O) groups is 3. The molecule has 0 aromatic rings. The largest absolute Gasteiger partial charge is 0.465 e. The van der Waals surface area contributed by atoms with Crippen molar-refractivity contribution < 1.29 is 33.3 Å². The molecule has 1 amide bonds. The Bertz CT molecular complexity index is 478. The number of amides is 1. The molecule has 1 heterocycles. The van der Waals surface area contributed by atoms with Crippen LogP contribution in [0.1, 0.15) is 27.2 Å². The van der Waals surface area contributed by atoms with Crippen LogP contribution in [0, 0.1) is 5.92 Å². The molecule has 0 N–H and O–H groups in total. The van der Waals surface area contributed by atoms with Crippen LogP contribution in [-0.4, -0.2) is 61.9 Å². The molecule has 2 atom stereocenters. The number of hydrogen-bond donors (Lipinski definition) is 0.